The van der Waals surface area contributed by atoms with Crippen LogP contribution in [0.1, 0.15) is 26.7 Å². The van der Waals surface area contributed by atoms with E-state index < -0.39 is 0 Å². The summed E-state index contributed by atoms with van der Waals surface area (Å²) in [5, 5.41) is 0. The van der Waals surface area contributed by atoms with Gasteiger partial charge in [0.25, 0.3) is 0 Å². The van der Waals surface area contributed by atoms with Crippen LogP contribution in [0.15, 0.2) is 18.2 Å². The van der Waals surface area contributed by atoms with Crippen LogP contribution in [0.5, 0.6) is 5.75 Å². The fourth-order valence-electron chi connectivity index (χ4n) is 2.75. The zero-order chi connectivity index (χ0) is 14.7. The van der Waals surface area contributed by atoms with Gasteiger partial charge >= 0.3 is 0 Å². The first-order valence-electron chi connectivity index (χ1n) is 7.45. The van der Waals surface area contributed by atoms with E-state index in [1.54, 1.807) is 0 Å². The van der Waals surface area contributed by atoms with E-state index >= 15 is 0 Å². The minimum atomic E-state index is 0.138. The predicted molar refractivity (Wildman–Crippen MR) is 85.5 cm³/mol. The molecule has 0 spiro atoms. The van der Waals surface area contributed by atoms with E-state index in [-0.39, 0.29) is 6.10 Å². The topological polar surface area (TPSA) is 41.7 Å². The molecule has 0 amide bonds. The number of nitrogen functional groups attached to an aromatic ring is 1. The molecular weight excluding hydrogens is 250 g/mol. The molecule has 0 radical (unpaired) electrons. The van der Waals surface area contributed by atoms with Gasteiger partial charge in [0.2, 0.25) is 0 Å². The largest absolute Gasteiger partial charge is 0.489 e. The summed E-state index contributed by atoms with van der Waals surface area (Å²) in [4.78, 5) is 4.73. The van der Waals surface area contributed by atoms with Gasteiger partial charge in [0.1, 0.15) is 5.75 Å². The quantitative estimate of drug-likeness (QED) is 0.840. The fraction of sp³-hybridized carbons (Fsp3) is 0.625. The van der Waals surface area contributed by atoms with Crippen molar-refractivity contribution in [2.45, 2.75) is 38.8 Å². The molecule has 1 aromatic carbocycles. The van der Waals surface area contributed by atoms with Gasteiger partial charge in [-0.15, -0.1) is 0 Å². The number of rotatable bonds is 5. The van der Waals surface area contributed by atoms with Gasteiger partial charge in [-0.2, -0.15) is 0 Å². The lowest BCUT2D eigenvalue weighted by molar-refractivity contribution is 0.244. The van der Waals surface area contributed by atoms with Crippen molar-refractivity contribution in [1.29, 1.82) is 0 Å². The maximum absolute atomic E-state index is 5.97. The molecule has 1 heterocycles. The summed E-state index contributed by atoms with van der Waals surface area (Å²) in [5.41, 5.74) is 7.84. The second-order valence-electron chi connectivity index (χ2n) is 6.05. The van der Waals surface area contributed by atoms with Crippen molar-refractivity contribution in [3.8, 4) is 5.75 Å². The van der Waals surface area contributed by atoms with Crippen LogP contribution in [0.2, 0.25) is 0 Å². The Morgan fingerprint density at radius 3 is 2.80 bits per heavy atom. The normalized spacial score (nSPS) is 19.6. The number of hydrogen-bond donors (Lipinski definition) is 1. The van der Waals surface area contributed by atoms with Crippen molar-refractivity contribution in [2.75, 3.05) is 37.8 Å². The highest BCUT2D eigenvalue weighted by molar-refractivity contribution is 5.62. The highest BCUT2D eigenvalue weighted by atomic mass is 16.5. The molecule has 20 heavy (non-hydrogen) atoms. The molecule has 112 valence electrons. The second kappa shape index (κ2) is 6.35. The Morgan fingerprint density at radius 1 is 1.45 bits per heavy atom. The van der Waals surface area contributed by atoms with E-state index in [2.05, 4.69) is 30.0 Å². The minimum Gasteiger partial charge on any atom is -0.489 e. The Balaban J connectivity index is 2.07. The molecule has 1 atom stereocenters. The van der Waals surface area contributed by atoms with Crippen LogP contribution in [0, 0.1) is 0 Å². The van der Waals surface area contributed by atoms with Crippen LogP contribution < -0.4 is 15.4 Å². The molecule has 1 saturated heterocycles. The molecule has 4 nitrogen and oxygen atoms in total. The van der Waals surface area contributed by atoms with Crippen molar-refractivity contribution >= 4 is 11.4 Å². The van der Waals surface area contributed by atoms with Gasteiger partial charge in [-0.3, -0.25) is 0 Å². The van der Waals surface area contributed by atoms with E-state index in [1.807, 2.05) is 26.0 Å². The number of nitrogens with two attached hydrogens (primary N) is 1. The average molecular weight is 277 g/mol. The summed E-state index contributed by atoms with van der Waals surface area (Å²) in [6.07, 6.45) is 2.72. The molecular formula is C16H27N3O. The number of ether oxygens (including phenoxy) is 1. The molecule has 0 saturated carbocycles. The van der Waals surface area contributed by atoms with Gasteiger partial charge < -0.3 is 20.3 Å². The number of hydrogen-bond acceptors (Lipinski definition) is 4. The lowest BCUT2D eigenvalue weighted by Crippen LogP contribution is -2.36. The van der Waals surface area contributed by atoms with E-state index in [0.717, 1.165) is 18.0 Å². The Hall–Kier alpha value is -1.42. The molecule has 0 aliphatic carbocycles. The Kier molecular flexibility index (Phi) is 4.76. The lowest BCUT2D eigenvalue weighted by Gasteiger charge is -2.28. The smallest absolute Gasteiger partial charge is 0.144 e. The van der Waals surface area contributed by atoms with Crippen molar-refractivity contribution in [2.24, 2.45) is 0 Å². The van der Waals surface area contributed by atoms with Crippen LogP contribution in [0.4, 0.5) is 11.4 Å². The minimum absolute atomic E-state index is 0.138. The highest BCUT2D eigenvalue weighted by Gasteiger charge is 2.22. The summed E-state index contributed by atoms with van der Waals surface area (Å²) in [6.45, 7) is 6.29. The molecule has 2 N–H and O–H groups in total. The van der Waals surface area contributed by atoms with Gasteiger partial charge in [-0.05, 0) is 52.4 Å². The van der Waals surface area contributed by atoms with Crippen molar-refractivity contribution in [3.63, 3.8) is 0 Å². The molecule has 0 aromatic heterocycles. The second-order valence-corrected chi connectivity index (χ2v) is 6.05. The van der Waals surface area contributed by atoms with E-state index in [0.29, 0.717) is 11.7 Å². The van der Waals surface area contributed by atoms with Gasteiger partial charge in [0, 0.05) is 31.4 Å². The zero-order valence-corrected chi connectivity index (χ0v) is 13.1. The van der Waals surface area contributed by atoms with Crippen LogP contribution >= 0.6 is 0 Å². The van der Waals surface area contributed by atoms with Gasteiger partial charge in [-0.1, -0.05) is 0 Å². The summed E-state index contributed by atoms with van der Waals surface area (Å²) < 4.78 is 5.76. The van der Waals surface area contributed by atoms with Gasteiger partial charge in [0.15, 0.2) is 0 Å². The molecule has 1 fully saturated rings. The standard InChI is InChI=1S/C16H27N3O/c1-12(2)20-16-10-13(7-8-15(16)17)19(4)11-14-6-5-9-18(14)3/h7-8,10,12,14H,5-6,9,11,17H2,1-4H3. The molecule has 1 aliphatic rings. The van der Waals surface area contributed by atoms with E-state index in [4.69, 9.17) is 10.5 Å². The molecule has 0 bridgehead atoms. The van der Waals surface area contributed by atoms with Crippen molar-refractivity contribution < 1.29 is 4.74 Å². The van der Waals surface area contributed by atoms with Gasteiger partial charge in [-0.25, -0.2) is 0 Å². The average Bonchev–Trinajstić information content (AvgIpc) is 2.77. The lowest BCUT2D eigenvalue weighted by atomic mass is 10.2. The molecule has 1 aliphatic heterocycles. The molecule has 1 unspecified atom stereocenters. The van der Waals surface area contributed by atoms with Crippen LogP contribution in [-0.4, -0.2) is 44.2 Å². The Morgan fingerprint density at radius 2 is 2.20 bits per heavy atom. The number of nitrogens with zero attached hydrogens (tertiary/aromatic N) is 2. The monoisotopic (exact) mass is 277 g/mol. The number of likely N-dealkylation sites (tertiary alicyclic amines) is 1. The first-order chi connectivity index (χ1) is 9.47. The van der Waals surface area contributed by atoms with Crippen molar-refractivity contribution in [3.05, 3.63) is 18.2 Å². The first-order valence-corrected chi connectivity index (χ1v) is 7.45. The van der Waals surface area contributed by atoms with Crippen LogP contribution in [0.25, 0.3) is 0 Å². The first kappa shape index (κ1) is 15.0. The maximum atomic E-state index is 5.97. The third kappa shape index (κ3) is 3.57. The van der Waals surface area contributed by atoms with Crippen molar-refractivity contribution in [1.82, 2.24) is 4.90 Å². The SMILES string of the molecule is CC(C)Oc1cc(N(C)CC2CCCN2C)ccc1N. The number of likely N-dealkylation sites (N-methyl/N-ethyl adjacent to an activating group) is 2. The summed E-state index contributed by atoms with van der Waals surface area (Å²) in [7, 11) is 4.35. The van der Waals surface area contributed by atoms with E-state index in [1.165, 1.54) is 19.4 Å². The third-order valence-electron chi connectivity index (χ3n) is 3.96. The number of anilines is 2. The molecule has 4 heteroatoms. The molecule has 1 aromatic rings. The predicted octanol–water partition coefficient (Wildman–Crippen LogP) is 2.59. The summed E-state index contributed by atoms with van der Waals surface area (Å²) >= 11 is 0. The Labute approximate surface area is 122 Å². The van der Waals surface area contributed by atoms with Gasteiger partial charge in [0.05, 0.1) is 11.8 Å². The third-order valence-corrected chi connectivity index (χ3v) is 3.96. The Bertz CT molecular complexity index is 447. The fourth-order valence-corrected chi connectivity index (χ4v) is 2.75. The van der Waals surface area contributed by atoms with E-state index in [9.17, 15) is 0 Å². The van der Waals surface area contributed by atoms with Crippen LogP contribution in [-0.2, 0) is 0 Å². The maximum Gasteiger partial charge on any atom is 0.144 e. The highest BCUT2D eigenvalue weighted by Crippen LogP contribution is 2.29. The molecule has 2 rings (SSSR count). The zero-order valence-electron chi connectivity index (χ0n) is 13.1. The summed E-state index contributed by atoms with van der Waals surface area (Å²) in [6, 6.07) is 6.69. The summed E-state index contributed by atoms with van der Waals surface area (Å²) in [5.74, 6) is 0.782. The van der Waals surface area contributed by atoms with Crippen LogP contribution in [0.3, 0.4) is 0 Å². The number of benzene rings is 1.